The second kappa shape index (κ2) is 3.96. The molecule has 0 aromatic rings. The first-order valence-corrected chi connectivity index (χ1v) is 5.89. The summed E-state index contributed by atoms with van der Waals surface area (Å²) in [4.78, 5) is 19.5. The minimum atomic E-state index is -0.105. The maximum absolute atomic E-state index is 12.2. The van der Waals surface area contributed by atoms with Crippen LogP contribution in [-0.2, 0) is 9.63 Å². The van der Waals surface area contributed by atoms with Gasteiger partial charge in [-0.15, -0.1) is 0 Å². The van der Waals surface area contributed by atoms with Gasteiger partial charge in [0.25, 0.3) is 5.91 Å². The zero-order valence-electron chi connectivity index (χ0n) is 9.21. The van der Waals surface area contributed by atoms with E-state index in [1.54, 1.807) is 0 Å². The molecule has 3 aliphatic rings. The van der Waals surface area contributed by atoms with Crippen LogP contribution in [0.2, 0.25) is 0 Å². The Morgan fingerprint density at radius 1 is 1.38 bits per heavy atom. The molecule has 1 unspecified atom stereocenters. The highest BCUT2D eigenvalue weighted by molar-refractivity contribution is 5.81. The van der Waals surface area contributed by atoms with Crippen LogP contribution in [0, 0.1) is 0 Å². The van der Waals surface area contributed by atoms with Gasteiger partial charge in [0.05, 0.1) is 25.9 Å². The third-order valence-electron chi connectivity index (χ3n) is 3.69. The fourth-order valence-corrected chi connectivity index (χ4v) is 2.79. The SMILES string of the molecule is O=C([C@@H]1CC[C@@H]2CN1CN2O)N1CCCO1. The lowest BCUT2D eigenvalue weighted by molar-refractivity contribution is -0.175. The molecule has 3 rings (SSSR count). The number of carbonyl (C=O) groups excluding carboxylic acids is 1. The number of fused-ring (bicyclic) bond motifs is 2. The molecule has 0 radical (unpaired) electrons. The number of rotatable bonds is 1. The van der Waals surface area contributed by atoms with Gasteiger partial charge in [0.1, 0.15) is 0 Å². The molecule has 0 saturated carbocycles. The van der Waals surface area contributed by atoms with Crippen LogP contribution < -0.4 is 0 Å². The van der Waals surface area contributed by atoms with Crippen molar-refractivity contribution < 1.29 is 14.8 Å². The van der Waals surface area contributed by atoms with Crippen LogP contribution >= 0.6 is 0 Å². The molecular formula is C10H17N3O3. The largest absolute Gasteiger partial charge is 0.312 e. The summed E-state index contributed by atoms with van der Waals surface area (Å²) < 4.78 is 0. The van der Waals surface area contributed by atoms with Gasteiger partial charge in [-0.1, -0.05) is 0 Å². The highest BCUT2D eigenvalue weighted by Gasteiger charge is 2.43. The summed E-state index contributed by atoms with van der Waals surface area (Å²) in [5, 5.41) is 12.4. The van der Waals surface area contributed by atoms with Crippen LogP contribution in [-0.4, -0.2) is 64.6 Å². The Hall–Kier alpha value is -0.690. The Morgan fingerprint density at radius 3 is 3.00 bits per heavy atom. The highest BCUT2D eigenvalue weighted by atomic mass is 16.7. The smallest absolute Gasteiger partial charge is 0.263 e. The number of amides is 1. The number of piperidine rings is 1. The van der Waals surface area contributed by atoms with E-state index in [2.05, 4.69) is 0 Å². The second-order valence-corrected chi connectivity index (χ2v) is 4.73. The predicted molar refractivity (Wildman–Crippen MR) is 54.3 cm³/mol. The van der Waals surface area contributed by atoms with Gasteiger partial charge in [-0.2, -0.15) is 5.06 Å². The van der Waals surface area contributed by atoms with Gasteiger partial charge in [-0.25, -0.2) is 5.06 Å². The molecule has 2 bridgehead atoms. The quantitative estimate of drug-likeness (QED) is 0.663. The van der Waals surface area contributed by atoms with E-state index < -0.39 is 0 Å². The monoisotopic (exact) mass is 227 g/mol. The summed E-state index contributed by atoms with van der Waals surface area (Å²) in [5.74, 6) is 0.0613. The predicted octanol–water partition coefficient (Wildman–Crippen LogP) is -0.354. The van der Waals surface area contributed by atoms with Crippen molar-refractivity contribution in [2.24, 2.45) is 0 Å². The fraction of sp³-hybridized carbons (Fsp3) is 0.900. The average molecular weight is 227 g/mol. The second-order valence-electron chi connectivity index (χ2n) is 4.73. The number of nitrogens with zero attached hydrogens (tertiary/aromatic N) is 3. The number of hydroxylamine groups is 4. The molecular weight excluding hydrogens is 210 g/mol. The normalized spacial score (nSPS) is 39.3. The number of hydrogen-bond donors (Lipinski definition) is 1. The van der Waals surface area contributed by atoms with Gasteiger partial charge in [0, 0.05) is 12.6 Å². The highest BCUT2D eigenvalue weighted by Crippen LogP contribution is 2.28. The van der Waals surface area contributed by atoms with E-state index >= 15 is 0 Å². The van der Waals surface area contributed by atoms with E-state index in [0.717, 1.165) is 25.8 Å². The summed E-state index contributed by atoms with van der Waals surface area (Å²) in [5.41, 5.74) is 0. The molecule has 6 nitrogen and oxygen atoms in total. The van der Waals surface area contributed by atoms with Gasteiger partial charge in [-0.3, -0.25) is 14.5 Å². The van der Waals surface area contributed by atoms with Crippen molar-refractivity contribution in [2.45, 2.75) is 31.3 Å². The van der Waals surface area contributed by atoms with Crippen molar-refractivity contribution in [3.8, 4) is 0 Å². The maximum atomic E-state index is 12.2. The van der Waals surface area contributed by atoms with Crippen molar-refractivity contribution in [1.82, 2.24) is 15.0 Å². The van der Waals surface area contributed by atoms with Crippen LogP contribution in [0.5, 0.6) is 0 Å². The van der Waals surface area contributed by atoms with Crippen LogP contribution in [0.25, 0.3) is 0 Å². The molecule has 3 fully saturated rings. The van der Waals surface area contributed by atoms with E-state index in [1.165, 1.54) is 10.1 Å². The molecule has 0 aromatic carbocycles. The van der Waals surface area contributed by atoms with Crippen LogP contribution in [0.4, 0.5) is 0 Å². The minimum absolute atomic E-state index is 0.0613. The lowest BCUT2D eigenvalue weighted by atomic mass is 10.0. The zero-order valence-corrected chi connectivity index (χ0v) is 9.21. The molecule has 3 atom stereocenters. The number of hydrogen-bond acceptors (Lipinski definition) is 5. The Labute approximate surface area is 94.3 Å². The lowest BCUT2D eigenvalue weighted by Crippen LogP contribution is -2.49. The van der Waals surface area contributed by atoms with E-state index in [0.29, 0.717) is 19.8 Å². The van der Waals surface area contributed by atoms with Crippen LogP contribution in [0.3, 0.4) is 0 Å². The summed E-state index contributed by atoms with van der Waals surface area (Å²) >= 11 is 0. The maximum Gasteiger partial charge on any atom is 0.263 e. The van der Waals surface area contributed by atoms with Crippen LogP contribution in [0.15, 0.2) is 0 Å². The summed E-state index contributed by atoms with van der Waals surface area (Å²) in [7, 11) is 0. The molecule has 0 spiro atoms. The molecule has 1 N–H and O–H groups in total. The van der Waals surface area contributed by atoms with E-state index in [9.17, 15) is 10.0 Å². The van der Waals surface area contributed by atoms with Gasteiger partial charge in [0.2, 0.25) is 0 Å². The van der Waals surface area contributed by atoms with Crippen molar-refractivity contribution in [3.05, 3.63) is 0 Å². The first kappa shape index (κ1) is 10.5. The Bertz CT molecular complexity index is 291. The minimum Gasteiger partial charge on any atom is -0.312 e. The van der Waals surface area contributed by atoms with Crippen LogP contribution in [0.1, 0.15) is 19.3 Å². The average Bonchev–Trinajstić information content (AvgIpc) is 2.88. The van der Waals surface area contributed by atoms with E-state index in [4.69, 9.17) is 4.84 Å². The van der Waals surface area contributed by atoms with Crippen molar-refractivity contribution in [2.75, 3.05) is 26.4 Å². The van der Waals surface area contributed by atoms with Gasteiger partial charge in [0.15, 0.2) is 0 Å². The molecule has 3 saturated heterocycles. The fourth-order valence-electron chi connectivity index (χ4n) is 2.79. The third-order valence-corrected chi connectivity index (χ3v) is 3.69. The topological polar surface area (TPSA) is 56.2 Å². The lowest BCUT2D eigenvalue weighted by Gasteiger charge is -2.31. The Balaban J connectivity index is 1.68. The zero-order chi connectivity index (χ0) is 11.1. The molecule has 3 heterocycles. The molecule has 6 heteroatoms. The van der Waals surface area contributed by atoms with E-state index in [-0.39, 0.29) is 18.0 Å². The summed E-state index contributed by atoms with van der Waals surface area (Å²) in [6.45, 7) is 2.62. The first-order valence-electron chi connectivity index (χ1n) is 5.89. The third kappa shape index (κ3) is 1.62. The molecule has 3 aliphatic heterocycles. The number of carbonyl (C=O) groups is 1. The Morgan fingerprint density at radius 2 is 2.25 bits per heavy atom. The summed E-state index contributed by atoms with van der Waals surface area (Å²) in [6.07, 6.45) is 2.63. The molecule has 0 aromatic heterocycles. The van der Waals surface area contributed by atoms with Gasteiger partial charge in [-0.05, 0) is 19.3 Å². The first-order chi connectivity index (χ1) is 7.75. The molecule has 1 amide bonds. The molecule has 0 aliphatic carbocycles. The van der Waals surface area contributed by atoms with Crippen molar-refractivity contribution in [3.63, 3.8) is 0 Å². The molecule has 16 heavy (non-hydrogen) atoms. The van der Waals surface area contributed by atoms with Gasteiger partial charge < -0.3 is 5.21 Å². The van der Waals surface area contributed by atoms with Gasteiger partial charge >= 0.3 is 0 Å². The van der Waals surface area contributed by atoms with Crippen molar-refractivity contribution >= 4 is 5.91 Å². The van der Waals surface area contributed by atoms with Crippen molar-refractivity contribution in [1.29, 1.82) is 0 Å². The Kier molecular flexibility index (Phi) is 2.59. The standard InChI is InChI=1S/C10H17N3O3/c14-10(13-4-1-5-16-13)9-3-2-8-6-11(9)7-12(8)15/h8-9,15H,1-7H2/t8-,9+/m1/s1. The van der Waals surface area contributed by atoms with E-state index in [1.807, 2.05) is 4.90 Å². The molecule has 90 valence electrons. The summed E-state index contributed by atoms with van der Waals surface area (Å²) in [6, 6.07) is 0.107.